The molecule has 0 aromatic heterocycles. The minimum Gasteiger partial charge on any atom is -0.418 e. The van der Waals surface area contributed by atoms with Crippen molar-refractivity contribution in [1.29, 1.82) is 0 Å². The zero-order chi connectivity index (χ0) is 14.4. The molecule has 0 unspecified atom stereocenters. The molecule has 0 radical (unpaired) electrons. The normalized spacial score (nSPS) is 9.75. The van der Waals surface area contributed by atoms with Crippen LogP contribution >= 0.6 is 0 Å². The molecule has 0 saturated carbocycles. The van der Waals surface area contributed by atoms with E-state index in [2.05, 4.69) is 11.5 Å². The van der Waals surface area contributed by atoms with Crippen molar-refractivity contribution in [2.75, 3.05) is 13.1 Å². The van der Waals surface area contributed by atoms with Gasteiger partial charge in [-0.05, 0) is 13.8 Å². The van der Waals surface area contributed by atoms with Crippen molar-refractivity contribution in [2.24, 2.45) is 0 Å². The van der Waals surface area contributed by atoms with Crippen LogP contribution in [-0.2, 0) is 0 Å². The topological polar surface area (TPSA) is 55.3 Å². The summed E-state index contributed by atoms with van der Waals surface area (Å²) in [5.74, 6) is 0. The Kier molecular flexibility index (Phi) is 22.3. The first-order valence-electron chi connectivity index (χ1n) is 4.16. The van der Waals surface area contributed by atoms with E-state index in [9.17, 15) is 34.5 Å². The molecule has 16 heavy (non-hydrogen) atoms. The van der Waals surface area contributed by atoms with Gasteiger partial charge in [0.05, 0.1) is 13.1 Å². The van der Waals surface area contributed by atoms with E-state index in [4.69, 9.17) is 0 Å². The average Bonchev–Trinajstić information content (AvgIpc) is 1.79. The zero-order valence-electron chi connectivity index (χ0n) is 9.01. The standard InChI is InChI=1S/2C2H7N.2BF4/c2*1-2-3;2*2-1(3,4)5/h2*2-3H2,1H3;;/q;;2*-1/p+2. The number of hydrogen-bond acceptors (Lipinski definition) is 0. The van der Waals surface area contributed by atoms with E-state index in [1.165, 1.54) is 0 Å². The highest BCUT2D eigenvalue weighted by molar-refractivity contribution is 6.50. The summed E-state index contributed by atoms with van der Waals surface area (Å²) in [6.45, 7) is 6.03. The summed E-state index contributed by atoms with van der Waals surface area (Å²) in [5.41, 5.74) is 6.97. The van der Waals surface area contributed by atoms with Crippen LogP contribution in [0.1, 0.15) is 13.8 Å². The minimum atomic E-state index is -6.00. The van der Waals surface area contributed by atoms with Gasteiger partial charge < -0.3 is 46.0 Å². The lowest BCUT2D eigenvalue weighted by Crippen LogP contribution is -2.48. The molecule has 0 aliphatic heterocycles. The number of hydrogen-bond donors (Lipinski definition) is 2. The molecular weight excluding hydrogens is 250 g/mol. The van der Waals surface area contributed by atoms with Gasteiger partial charge in [0.1, 0.15) is 0 Å². The van der Waals surface area contributed by atoms with Crippen LogP contribution in [0.15, 0.2) is 0 Å². The molecule has 0 aromatic carbocycles. The van der Waals surface area contributed by atoms with Gasteiger partial charge in [-0.25, -0.2) is 0 Å². The monoisotopic (exact) mass is 266 g/mol. The second-order valence-electron chi connectivity index (χ2n) is 1.99. The molecule has 6 N–H and O–H groups in total. The number of rotatable bonds is 0. The van der Waals surface area contributed by atoms with Gasteiger partial charge in [-0.3, -0.25) is 0 Å². The highest BCUT2D eigenvalue weighted by atomic mass is 19.5. The average molecular weight is 266 g/mol. The molecule has 0 aliphatic rings. The Hall–Kier alpha value is -0.510. The van der Waals surface area contributed by atoms with Crippen molar-refractivity contribution in [1.82, 2.24) is 0 Å². The van der Waals surface area contributed by atoms with Crippen LogP contribution in [0, 0.1) is 0 Å². The number of quaternary nitrogens is 2. The molecule has 0 spiro atoms. The first kappa shape index (κ1) is 24.6. The smallest absolute Gasteiger partial charge is 0.418 e. The van der Waals surface area contributed by atoms with Gasteiger partial charge in [0.15, 0.2) is 0 Å². The van der Waals surface area contributed by atoms with Crippen LogP contribution in [0.2, 0.25) is 0 Å². The maximum absolute atomic E-state index is 9.75. The van der Waals surface area contributed by atoms with Crippen molar-refractivity contribution in [2.45, 2.75) is 13.8 Å². The van der Waals surface area contributed by atoms with Crippen molar-refractivity contribution >= 4 is 14.5 Å². The molecule has 0 amide bonds. The molecule has 0 rings (SSSR count). The summed E-state index contributed by atoms with van der Waals surface area (Å²) < 4.78 is 78.0. The van der Waals surface area contributed by atoms with E-state index in [0.717, 1.165) is 13.1 Å². The summed E-state index contributed by atoms with van der Waals surface area (Å²) in [4.78, 5) is 0. The lowest BCUT2D eigenvalue weighted by molar-refractivity contribution is -0.362. The van der Waals surface area contributed by atoms with Gasteiger partial charge in [0.25, 0.3) is 0 Å². The van der Waals surface area contributed by atoms with Crippen molar-refractivity contribution in [3.8, 4) is 0 Å². The summed E-state index contributed by atoms with van der Waals surface area (Å²) >= 11 is 0. The summed E-state index contributed by atoms with van der Waals surface area (Å²) in [6.07, 6.45) is 0. The fraction of sp³-hybridized carbons (Fsp3) is 1.00. The van der Waals surface area contributed by atoms with E-state index in [-0.39, 0.29) is 0 Å². The van der Waals surface area contributed by atoms with Gasteiger partial charge in [-0.15, -0.1) is 0 Å². The molecular formula is C4H16B2F8N2. The minimum absolute atomic E-state index is 1.00. The maximum atomic E-state index is 9.75. The third-order valence-corrected chi connectivity index (χ3v) is 0. The molecule has 0 bridgehead atoms. The van der Waals surface area contributed by atoms with Crippen LogP contribution in [0.4, 0.5) is 34.5 Å². The Bertz CT molecular complexity index is 89.6. The molecule has 0 atom stereocenters. The second-order valence-corrected chi connectivity index (χ2v) is 1.99. The second kappa shape index (κ2) is 14.5. The molecule has 0 aromatic rings. The van der Waals surface area contributed by atoms with Crippen LogP contribution in [0.3, 0.4) is 0 Å². The van der Waals surface area contributed by atoms with Crippen LogP contribution in [-0.4, -0.2) is 27.6 Å². The first-order chi connectivity index (χ1) is 6.83. The lowest BCUT2D eigenvalue weighted by atomic mass is 10.3. The highest BCUT2D eigenvalue weighted by Gasteiger charge is 2.21. The van der Waals surface area contributed by atoms with Crippen molar-refractivity contribution < 1.29 is 46.0 Å². The third-order valence-electron chi connectivity index (χ3n) is 0. The Morgan fingerprint density at radius 1 is 0.625 bits per heavy atom. The van der Waals surface area contributed by atoms with Gasteiger partial charge in [0.2, 0.25) is 0 Å². The molecule has 0 heterocycles. The van der Waals surface area contributed by atoms with Crippen LogP contribution in [0.25, 0.3) is 0 Å². The SMILES string of the molecule is CC[NH3+].CC[NH3+].F[B-](F)(F)F.F[B-](F)(F)F. The molecule has 0 saturated heterocycles. The summed E-state index contributed by atoms with van der Waals surface area (Å²) in [7, 11) is -12.0. The van der Waals surface area contributed by atoms with Crippen LogP contribution < -0.4 is 11.5 Å². The molecule has 2 nitrogen and oxygen atoms in total. The molecule has 0 aliphatic carbocycles. The van der Waals surface area contributed by atoms with Gasteiger partial charge in [-0.1, -0.05) is 0 Å². The first-order valence-corrected chi connectivity index (χ1v) is 4.16. The van der Waals surface area contributed by atoms with E-state index in [0.29, 0.717) is 0 Å². The predicted octanol–water partition coefficient (Wildman–Crippen LogP) is 1.10. The predicted molar refractivity (Wildman–Crippen MR) is 47.2 cm³/mol. The fourth-order valence-electron chi connectivity index (χ4n) is 0. The Labute approximate surface area is 88.6 Å². The molecule has 104 valence electrons. The van der Waals surface area contributed by atoms with Crippen molar-refractivity contribution in [3.63, 3.8) is 0 Å². The highest BCUT2D eigenvalue weighted by Crippen LogP contribution is 2.07. The molecule has 0 fully saturated rings. The van der Waals surface area contributed by atoms with E-state index >= 15 is 0 Å². The van der Waals surface area contributed by atoms with E-state index in [1.54, 1.807) is 0 Å². The Morgan fingerprint density at radius 3 is 0.625 bits per heavy atom. The zero-order valence-corrected chi connectivity index (χ0v) is 9.01. The van der Waals surface area contributed by atoms with Crippen molar-refractivity contribution in [3.05, 3.63) is 0 Å². The van der Waals surface area contributed by atoms with Gasteiger partial charge in [-0.2, -0.15) is 0 Å². The lowest BCUT2D eigenvalue weighted by Gasteiger charge is -1.94. The van der Waals surface area contributed by atoms with E-state index in [1.807, 2.05) is 13.8 Å². The van der Waals surface area contributed by atoms with Gasteiger partial charge in [0, 0.05) is 0 Å². The Balaban J connectivity index is -0.0000000621. The Morgan fingerprint density at radius 2 is 0.625 bits per heavy atom. The number of halogens is 8. The van der Waals surface area contributed by atoms with Gasteiger partial charge >= 0.3 is 14.5 Å². The largest absolute Gasteiger partial charge is 0.673 e. The van der Waals surface area contributed by atoms with Crippen LogP contribution in [0.5, 0.6) is 0 Å². The summed E-state index contributed by atoms with van der Waals surface area (Å²) in [5, 5.41) is 0. The maximum Gasteiger partial charge on any atom is 0.673 e. The molecule has 12 heteroatoms. The fourth-order valence-corrected chi connectivity index (χ4v) is 0. The van der Waals surface area contributed by atoms with E-state index < -0.39 is 14.5 Å². The quantitative estimate of drug-likeness (QED) is 0.487. The summed E-state index contributed by atoms with van der Waals surface area (Å²) in [6, 6.07) is 0. The third kappa shape index (κ3) is 8090.